The minimum Gasteiger partial charge on any atom is -0.298 e. The van der Waals surface area contributed by atoms with Gasteiger partial charge in [-0.1, -0.05) is 13.8 Å². The van der Waals surface area contributed by atoms with Gasteiger partial charge in [0.25, 0.3) is 0 Å². The lowest BCUT2D eigenvalue weighted by Crippen LogP contribution is -2.20. The van der Waals surface area contributed by atoms with Crippen molar-refractivity contribution >= 4 is 11.3 Å². The molecule has 1 saturated carbocycles. The molecule has 14 heavy (non-hydrogen) atoms. The van der Waals surface area contributed by atoms with Crippen LogP contribution in [0.1, 0.15) is 43.3 Å². The summed E-state index contributed by atoms with van der Waals surface area (Å²) in [5.41, 5.74) is 1.24. The molecule has 0 amide bonds. The van der Waals surface area contributed by atoms with E-state index in [1.54, 1.807) is 11.3 Å². The minimum atomic E-state index is 0.569. The Hall–Kier alpha value is -0.410. The number of aromatic nitrogens is 1. The van der Waals surface area contributed by atoms with Gasteiger partial charge in [-0.05, 0) is 19.9 Å². The van der Waals surface area contributed by atoms with Gasteiger partial charge in [-0.25, -0.2) is 4.98 Å². The van der Waals surface area contributed by atoms with Crippen molar-refractivity contribution in [3.63, 3.8) is 0 Å². The zero-order chi connectivity index (χ0) is 10.1. The minimum absolute atomic E-state index is 0.569. The first kappa shape index (κ1) is 10.1. The molecule has 0 radical (unpaired) electrons. The Morgan fingerprint density at radius 3 is 2.79 bits per heavy atom. The van der Waals surface area contributed by atoms with Crippen molar-refractivity contribution in [1.82, 2.24) is 9.88 Å². The van der Waals surface area contributed by atoms with E-state index in [9.17, 15) is 0 Å². The number of rotatable bonds is 4. The fourth-order valence-electron chi connectivity index (χ4n) is 1.56. The maximum Gasteiger partial charge on any atom is 0.0954 e. The summed E-state index contributed by atoms with van der Waals surface area (Å²) in [7, 11) is 2.20. The number of hydrogen-bond donors (Lipinski definition) is 0. The summed E-state index contributed by atoms with van der Waals surface area (Å²) < 4.78 is 0. The molecule has 2 nitrogen and oxygen atoms in total. The summed E-state index contributed by atoms with van der Waals surface area (Å²) >= 11 is 1.79. The predicted molar refractivity (Wildman–Crippen MR) is 60.7 cm³/mol. The van der Waals surface area contributed by atoms with E-state index in [-0.39, 0.29) is 0 Å². The normalized spacial score (nSPS) is 16.9. The van der Waals surface area contributed by atoms with Gasteiger partial charge in [0.1, 0.15) is 0 Å². The molecule has 0 aliphatic heterocycles. The van der Waals surface area contributed by atoms with Crippen LogP contribution < -0.4 is 0 Å². The largest absolute Gasteiger partial charge is 0.298 e. The monoisotopic (exact) mass is 210 g/mol. The summed E-state index contributed by atoms with van der Waals surface area (Å²) in [6, 6.07) is 0.833. The number of hydrogen-bond acceptors (Lipinski definition) is 3. The maximum absolute atomic E-state index is 4.64. The second kappa shape index (κ2) is 3.99. The van der Waals surface area contributed by atoms with Crippen LogP contribution in [0.4, 0.5) is 0 Å². The zero-order valence-electron chi connectivity index (χ0n) is 9.16. The molecule has 0 spiro atoms. The molecule has 1 aromatic rings. The highest BCUT2D eigenvalue weighted by Crippen LogP contribution is 2.27. The van der Waals surface area contributed by atoms with Crippen molar-refractivity contribution < 1.29 is 0 Å². The highest BCUT2D eigenvalue weighted by Gasteiger charge is 2.26. The van der Waals surface area contributed by atoms with Gasteiger partial charge in [-0.2, -0.15) is 0 Å². The van der Waals surface area contributed by atoms with Gasteiger partial charge in [0.2, 0.25) is 0 Å². The van der Waals surface area contributed by atoms with Crippen LogP contribution in [0, 0.1) is 0 Å². The second-order valence-electron chi connectivity index (χ2n) is 4.48. The van der Waals surface area contributed by atoms with Crippen molar-refractivity contribution in [2.75, 3.05) is 7.05 Å². The molecule has 0 aromatic carbocycles. The molecule has 0 unspecified atom stereocenters. The molecule has 78 valence electrons. The summed E-state index contributed by atoms with van der Waals surface area (Å²) in [4.78, 5) is 7.05. The molecular weight excluding hydrogens is 192 g/mol. The topological polar surface area (TPSA) is 16.1 Å². The Kier molecular flexibility index (Phi) is 2.88. The molecule has 0 atom stereocenters. The van der Waals surface area contributed by atoms with Gasteiger partial charge in [0.15, 0.2) is 0 Å². The molecule has 3 heteroatoms. The third-order valence-corrected chi connectivity index (χ3v) is 3.84. The van der Waals surface area contributed by atoms with E-state index in [4.69, 9.17) is 0 Å². The molecule has 0 saturated heterocycles. The quantitative estimate of drug-likeness (QED) is 0.759. The number of thiazole rings is 1. The van der Waals surface area contributed by atoms with Crippen molar-refractivity contribution in [2.45, 2.75) is 45.2 Å². The first-order valence-electron chi connectivity index (χ1n) is 5.31. The van der Waals surface area contributed by atoms with Gasteiger partial charge in [-0.3, -0.25) is 4.90 Å². The lowest BCUT2D eigenvalue weighted by atomic mass is 10.2. The van der Waals surface area contributed by atoms with Crippen LogP contribution in [-0.2, 0) is 6.54 Å². The van der Waals surface area contributed by atoms with E-state index >= 15 is 0 Å². The van der Waals surface area contributed by atoms with Crippen LogP contribution in [0.5, 0.6) is 0 Å². The van der Waals surface area contributed by atoms with E-state index < -0.39 is 0 Å². The van der Waals surface area contributed by atoms with Crippen molar-refractivity contribution in [3.8, 4) is 0 Å². The molecule has 1 aliphatic rings. The molecule has 1 fully saturated rings. The van der Waals surface area contributed by atoms with Crippen LogP contribution in [0.3, 0.4) is 0 Å². The van der Waals surface area contributed by atoms with Crippen LogP contribution in [0.25, 0.3) is 0 Å². The standard InChI is InChI=1S/C11H18N2S/c1-8(2)11-12-9(7-14-11)6-13(3)10-4-5-10/h7-8,10H,4-6H2,1-3H3. The van der Waals surface area contributed by atoms with Gasteiger partial charge in [0, 0.05) is 23.9 Å². The average molecular weight is 210 g/mol. The summed E-state index contributed by atoms with van der Waals surface area (Å²) in [5.74, 6) is 0.569. The summed E-state index contributed by atoms with van der Waals surface area (Å²) in [6.45, 7) is 5.42. The van der Waals surface area contributed by atoms with Crippen molar-refractivity contribution in [2.24, 2.45) is 0 Å². The first-order chi connectivity index (χ1) is 6.66. The lowest BCUT2D eigenvalue weighted by Gasteiger charge is -2.13. The predicted octanol–water partition coefficient (Wildman–Crippen LogP) is 2.86. The SMILES string of the molecule is CC(C)c1nc(CN(C)C2CC2)cs1. The van der Waals surface area contributed by atoms with Gasteiger partial charge >= 0.3 is 0 Å². The molecule has 1 aromatic heterocycles. The van der Waals surface area contributed by atoms with Gasteiger partial charge < -0.3 is 0 Å². The van der Waals surface area contributed by atoms with Gasteiger partial charge in [-0.15, -0.1) is 11.3 Å². The van der Waals surface area contributed by atoms with E-state index in [0.717, 1.165) is 12.6 Å². The van der Waals surface area contributed by atoms with E-state index in [2.05, 4.69) is 36.2 Å². The summed E-state index contributed by atoms with van der Waals surface area (Å²) in [5, 5.41) is 3.47. The van der Waals surface area contributed by atoms with Crippen LogP contribution in [0.2, 0.25) is 0 Å². The smallest absolute Gasteiger partial charge is 0.0954 e. The van der Waals surface area contributed by atoms with Crippen LogP contribution >= 0.6 is 11.3 Å². The Labute approximate surface area is 90.0 Å². The molecule has 2 rings (SSSR count). The van der Waals surface area contributed by atoms with E-state index in [1.807, 2.05) is 0 Å². The number of nitrogens with zero attached hydrogens (tertiary/aromatic N) is 2. The molecule has 0 bridgehead atoms. The van der Waals surface area contributed by atoms with Crippen LogP contribution in [0.15, 0.2) is 5.38 Å². The Balaban J connectivity index is 1.95. The first-order valence-corrected chi connectivity index (χ1v) is 6.19. The van der Waals surface area contributed by atoms with E-state index in [0.29, 0.717) is 5.92 Å². The summed E-state index contributed by atoms with van der Waals surface area (Å²) in [6.07, 6.45) is 2.75. The van der Waals surface area contributed by atoms with Gasteiger partial charge in [0.05, 0.1) is 10.7 Å². The van der Waals surface area contributed by atoms with Crippen LogP contribution in [-0.4, -0.2) is 23.0 Å². The maximum atomic E-state index is 4.64. The Morgan fingerprint density at radius 1 is 1.57 bits per heavy atom. The molecule has 1 aliphatic carbocycles. The third-order valence-electron chi connectivity index (χ3n) is 2.65. The fraction of sp³-hybridized carbons (Fsp3) is 0.727. The Morgan fingerprint density at radius 2 is 2.29 bits per heavy atom. The molecular formula is C11H18N2S. The third kappa shape index (κ3) is 2.34. The molecule has 0 N–H and O–H groups in total. The highest BCUT2D eigenvalue weighted by atomic mass is 32.1. The van der Waals surface area contributed by atoms with Crippen molar-refractivity contribution in [3.05, 3.63) is 16.1 Å². The fourth-order valence-corrected chi connectivity index (χ4v) is 2.39. The average Bonchev–Trinajstić information content (AvgIpc) is 2.87. The second-order valence-corrected chi connectivity index (χ2v) is 5.37. The van der Waals surface area contributed by atoms with E-state index in [1.165, 1.54) is 23.5 Å². The van der Waals surface area contributed by atoms with Crippen molar-refractivity contribution in [1.29, 1.82) is 0 Å². The zero-order valence-corrected chi connectivity index (χ0v) is 9.97. The highest BCUT2D eigenvalue weighted by molar-refractivity contribution is 7.09. The molecule has 1 heterocycles. The lowest BCUT2D eigenvalue weighted by molar-refractivity contribution is 0.313. The Bertz CT molecular complexity index is 302.